The number of hydrogen-bond acceptors (Lipinski definition) is 4. The fraction of sp³-hybridized carbons (Fsp3) is 0.692. The molecule has 1 aliphatic heterocycles. The van der Waals surface area contributed by atoms with Crippen molar-refractivity contribution in [3.63, 3.8) is 0 Å². The van der Waals surface area contributed by atoms with Crippen molar-refractivity contribution in [1.29, 1.82) is 0 Å². The molecule has 0 aliphatic carbocycles. The summed E-state index contributed by atoms with van der Waals surface area (Å²) in [6.07, 6.45) is 1.18. The Labute approximate surface area is 117 Å². The van der Waals surface area contributed by atoms with E-state index in [1.165, 1.54) is 4.88 Å². The summed E-state index contributed by atoms with van der Waals surface area (Å²) in [6.45, 7) is 7.19. The van der Waals surface area contributed by atoms with Crippen molar-refractivity contribution in [3.8, 4) is 0 Å². The van der Waals surface area contributed by atoms with Crippen molar-refractivity contribution in [2.24, 2.45) is 0 Å². The lowest BCUT2D eigenvalue weighted by Gasteiger charge is -2.30. The molecule has 1 aliphatic rings. The monoisotopic (exact) mass is 289 g/mol. The van der Waals surface area contributed by atoms with Crippen LogP contribution in [0.3, 0.4) is 0 Å². The van der Waals surface area contributed by atoms with Crippen molar-refractivity contribution in [2.75, 3.05) is 26.4 Å². The Morgan fingerprint density at radius 3 is 2.94 bits per heavy atom. The van der Waals surface area contributed by atoms with E-state index in [1.54, 1.807) is 11.3 Å². The number of ether oxygens (including phenoxy) is 2. The summed E-state index contributed by atoms with van der Waals surface area (Å²) in [4.78, 5) is 1.24. The van der Waals surface area contributed by atoms with Crippen LogP contribution in [0.1, 0.15) is 29.8 Å². The topological polar surface area (TPSA) is 30.5 Å². The first-order valence-electron chi connectivity index (χ1n) is 6.41. The largest absolute Gasteiger partial charge is 0.376 e. The Kier molecular flexibility index (Phi) is 5.45. The minimum absolute atomic E-state index is 0.0828. The van der Waals surface area contributed by atoms with Gasteiger partial charge in [0.05, 0.1) is 30.2 Å². The molecule has 2 atom stereocenters. The second-order valence-corrected chi connectivity index (χ2v) is 6.21. The summed E-state index contributed by atoms with van der Waals surface area (Å²) in [6, 6.07) is 2.33. The molecule has 102 valence electrons. The average molecular weight is 290 g/mol. The van der Waals surface area contributed by atoms with E-state index in [0.29, 0.717) is 19.8 Å². The van der Waals surface area contributed by atoms with E-state index in [9.17, 15) is 0 Å². The highest BCUT2D eigenvalue weighted by atomic mass is 35.5. The summed E-state index contributed by atoms with van der Waals surface area (Å²) in [5, 5.41) is 3.54. The number of rotatable bonds is 5. The normalized spacial score (nSPS) is 22.1. The number of nitrogens with one attached hydrogen (secondary N) is 1. The third kappa shape index (κ3) is 3.45. The zero-order valence-electron chi connectivity index (χ0n) is 10.9. The van der Waals surface area contributed by atoms with E-state index in [-0.39, 0.29) is 12.1 Å². The molecule has 2 heterocycles. The Morgan fingerprint density at radius 1 is 1.56 bits per heavy atom. The Bertz CT molecular complexity index is 358. The second-order valence-electron chi connectivity index (χ2n) is 4.52. The molecule has 0 aromatic carbocycles. The first-order valence-corrected chi connectivity index (χ1v) is 7.60. The van der Waals surface area contributed by atoms with Gasteiger partial charge in [-0.2, -0.15) is 0 Å². The van der Waals surface area contributed by atoms with E-state index >= 15 is 0 Å². The Morgan fingerprint density at radius 2 is 2.39 bits per heavy atom. The lowest BCUT2D eigenvalue weighted by molar-refractivity contribution is -0.102. The number of aryl methyl sites for hydroxylation is 1. The van der Waals surface area contributed by atoms with E-state index in [2.05, 4.69) is 18.3 Å². The molecule has 1 fully saturated rings. The fourth-order valence-electron chi connectivity index (χ4n) is 2.05. The standard InChI is InChI=1S/C13H20ClNO2S/c1-3-4-15-12(10-8-16-5-6-17-10)11-7-9(2)13(14)18-11/h7,10,12,15H,3-6,8H2,1-2H3. The van der Waals surface area contributed by atoms with Gasteiger partial charge in [-0.05, 0) is 31.5 Å². The van der Waals surface area contributed by atoms with E-state index in [4.69, 9.17) is 21.1 Å². The maximum Gasteiger partial charge on any atom is 0.101 e. The van der Waals surface area contributed by atoms with Crippen LogP contribution in [-0.2, 0) is 9.47 Å². The molecule has 1 aromatic heterocycles. The minimum Gasteiger partial charge on any atom is -0.376 e. The molecule has 1 saturated heterocycles. The predicted molar refractivity (Wildman–Crippen MR) is 75.7 cm³/mol. The van der Waals surface area contributed by atoms with Gasteiger partial charge in [0, 0.05) is 4.88 Å². The highest BCUT2D eigenvalue weighted by Gasteiger charge is 2.27. The molecule has 0 saturated carbocycles. The summed E-state index contributed by atoms with van der Waals surface area (Å²) >= 11 is 7.80. The molecule has 0 bridgehead atoms. The van der Waals surface area contributed by atoms with Gasteiger partial charge < -0.3 is 14.8 Å². The third-order valence-electron chi connectivity index (χ3n) is 3.01. The highest BCUT2D eigenvalue weighted by Crippen LogP contribution is 2.33. The average Bonchev–Trinajstić information content (AvgIpc) is 2.71. The van der Waals surface area contributed by atoms with Crippen molar-refractivity contribution in [2.45, 2.75) is 32.4 Å². The Balaban J connectivity index is 2.12. The lowest BCUT2D eigenvalue weighted by Crippen LogP contribution is -2.40. The molecule has 5 heteroatoms. The first-order chi connectivity index (χ1) is 8.72. The molecular formula is C13H20ClNO2S. The maximum atomic E-state index is 6.17. The third-order valence-corrected chi connectivity index (χ3v) is 4.65. The van der Waals surface area contributed by atoms with Crippen LogP contribution >= 0.6 is 22.9 Å². The number of halogens is 1. The van der Waals surface area contributed by atoms with Crippen LogP contribution in [0, 0.1) is 6.92 Å². The quantitative estimate of drug-likeness (QED) is 0.903. The summed E-state index contributed by atoms with van der Waals surface area (Å²) in [7, 11) is 0. The van der Waals surface area contributed by atoms with Crippen LogP contribution in [0.5, 0.6) is 0 Å². The molecule has 2 rings (SSSR count). The molecule has 1 aromatic rings. The fourth-order valence-corrected chi connectivity index (χ4v) is 3.40. The second kappa shape index (κ2) is 6.87. The molecule has 1 N–H and O–H groups in total. The van der Waals surface area contributed by atoms with Gasteiger partial charge in [-0.3, -0.25) is 0 Å². The molecule has 2 unspecified atom stereocenters. The van der Waals surface area contributed by atoms with Gasteiger partial charge in [0.25, 0.3) is 0 Å². The summed E-state index contributed by atoms with van der Waals surface area (Å²) in [5.41, 5.74) is 1.14. The molecule has 3 nitrogen and oxygen atoms in total. The van der Waals surface area contributed by atoms with Crippen LogP contribution in [0.15, 0.2) is 6.07 Å². The summed E-state index contributed by atoms with van der Waals surface area (Å²) < 4.78 is 12.2. The molecule has 0 spiro atoms. The number of hydrogen-bond donors (Lipinski definition) is 1. The highest BCUT2D eigenvalue weighted by molar-refractivity contribution is 7.16. The maximum absolute atomic E-state index is 6.17. The zero-order valence-corrected chi connectivity index (χ0v) is 12.4. The van der Waals surface area contributed by atoms with Crippen LogP contribution in [0.25, 0.3) is 0 Å². The molecule has 0 amide bonds. The molecular weight excluding hydrogens is 270 g/mol. The van der Waals surface area contributed by atoms with Crippen molar-refractivity contribution in [3.05, 3.63) is 20.8 Å². The van der Waals surface area contributed by atoms with Gasteiger partial charge in [-0.1, -0.05) is 18.5 Å². The predicted octanol–water partition coefficient (Wildman–Crippen LogP) is 3.17. The van der Waals surface area contributed by atoms with Gasteiger partial charge in [0.15, 0.2) is 0 Å². The lowest BCUT2D eigenvalue weighted by atomic mass is 10.1. The van der Waals surface area contributed by atoms with E-state index in [1.807, 2.05) is 6.92 Å². The van der Waals surface area contributed by atoms with Crippen LogP contribution < -0.4 is 5.32 Å². The number of thiophene rings is 1. The van der Waals surface area contributed by atoms with Gasteiger partial charge in [-0.25, -0.2) is 0 Å². The van der Waals surface area contributed by atoms with Crippen molar-refractivity contribution < 1.29 is 9.47 Å². The molecule has 0 radical (unpaired) electrons. The summed E-state index contributed by atoms with van der Waals surface area (Å²) in [5.74, 6) is 0. The van der Waals surface area contributed by atoms with Crippen molar-refractivity contribution >= 4 is 22.9 Å². The van der Waals surface area contributed by atoms with E-state index < -0.39 is 0 Å². The Hall–Kier alpha value is -0.130. The van der Waals surface area contributed by atoms with Crippen molar-refractivity contribution in [1.82, 2.24) is 5.32 Å². The SMILES string of the molecule is CCCNC(c1cc(C)c(Cl)s1)C1COCCO1. The van der Waals surface area contributed by atoms with Crippen LogP contribution in [0.4, 0.5) is 0 Å². The minimum atomic E-state index is 0.0828. The van der Waals surface area contributed by atoms with Gasteiger partial charge >= 0.3 is 0 Å². The van der Waals surface area contributed by atoms with E-state index in [0.717, 1.165) is 22.9 Å². The van der Waals surface area contributed by atoms with Crippen LogP contribution in [0.2, 0.25) is 4.34 Å². The van der Waals surface area contributed by atoms with Gasteiger partial charge in [-0.15, -0.1) is 11.3 Å². The zero-order chi connectivity index (χ0) is 13.0. The van der Waals surface area contributed by atoms with Crippen LogP contribution in [-0.4, -0.2) is 32.5 Å². The smallest absolute Gasteiger partial charge is 0.101 e. The van der Waals surface area contributed by atoms with Gasteiger partial charge in [0.1, 0.15) is 6.10 Å². The molecule has 18 heavy (non-hydrogen) atoms. The first kappa shape index (κ1) is 14.3. The van der Waals surface area contributed by atoms with Gasteiger partial charge in [0.2, 0.25) is 0 Å².